The molecule has 1 aromatic rings. The molecule has 2 N–H and O–H groups in total. The van der Waals surface area contributed by atoms with Gasteiger partial charge in [0.15, 0.2) is 0 Å². The van der Waals surface area contributed by atoms with Gasteiger partial charge in [0, 0.05) is 13.1 Å². The molecule has 2 rings (SSSR count). The van der Waals surface area contributed by atoms with Crippen LogP contribution in [0.15, 0.2) is 30.3 Å². The van der Waals surface area contributed by atoms with Crippen LogP contribution in [0.1, 0.15) is 31.7 Å². The van der Waals surface area contributed by atoms with Gasteiger partial charge in [-0.2, -0.15) is 0 Å². The highest BCUT2D eigenvalue weighted by Crippen LogP contribution is 2.20. The first-order chi connectivity index (χ1) is 9.20. The maximum Gasteiger partial charge on any atom is 0.239 e. The smallest absolute Gasteiger partial charge is 0.239 e. The van der Waals surface area contributed by atoms with Crippen molar-refractivity contribution >= 4 is 5.91 Å². The van der Waals surface area contributed by atoms with Gasteiger partial charge < -0.3 is 10.6 Å². The fraction of sp³-hybridized carbons (Fsp3) is 0.562. The number of piperidine rings is 1. The van der Waals surface area contributed by atoms with E-state index in [-0.39, 0.29) is 5.91 Å². The van der Waals surface area contributed by atoms with Crippen LogP contribution >= 0.6 is 0 Å². The molecule has 1 amide bonds. The number of hydrogen-bond donors (Lipinski definition) is 1. The molecule has 1 aromatic carbocycles. The number of nitrogens with zero attached hydrogens (tertiary/aromatic N) is 1. The summed E-state index contributed by atoms with van der Waals surface area (Å²) in [4.78, 5) is 14.2. The molecule has 3 nitrogen and oxygen atoms in total. The van der Waals surface area contributed by atoms with Crippen LogP contribution in [0.2, 0.25) is 0 Å². The number of benzene rings is 1. The van der Waals surface area contributed by atoms with E-state index in [9.17, 15) is 4.79 Å². The van der Waals surface area contributed by atoms with Crippen LogP contribution in [-0.2, 0) is 11.2 Å². The van der Waals surface area contributed by atoms with Gasteiger partial charge in [0.2, 0.25) is 5.91 Å². The van der Waals surface area contributed by atoms with Gasteiger partial charge in [-0.15, -0.1) is 0 Å². The lowest BCUT2D eigenvalue weighted by molar-refractivity contribution is -0.134. The molecule has 1 saturated heterocycles. The van der Waals surface area contributed by atoms with Crippen LogP contribution < -0.4 is 5.73 Å². The highest BCUT2D eigenvalue weighted by atomic mass is 16.2. The average molecular weight is 260 g/mol. The first-order valence-electron chi connectivity index (χ1n) is 7.29. The molecule has 0 spiro atoms. The Morgan fingerprint density at radius 2 is 1.95 bits per heavy atom. The molecule has 0 aliphatic carbocycles. The summed E-state index contributed by atoms with van der Waals surface area (Å²) < 4.78 is 0. The van der Waals surface area contributed by atoms with Crippen molar-refractivity contribution in [2.24, 2.45) is 11.7 Å². The first kappa shape index (κ1) is 14.1. The van der Waals surface area contributed by atoms with Crippen LogP contribution in [0.5, 0.6) is 0 Å². The van der Waals surface area contributed by atoms with E-state index in [0.717, 1.165) is 37.4 Å². The van der Waals surface area contributed by atoms with Crippen LogP contribution in [-0.4, -0.2) is 29.9 Å². The third-order valence-electron chi connectivity index (χ3n) is 4.12. The van der Waals surface area contributed by atoms with Crippen molar-refractivity contribution in [2.45, 2.75) is 38.6 Å². The van der Waals surface area contributed by atoms with Gasteiger partial charge in [-0.05, 0) is 30.7 Å². The largest absolute Gasteiger partial charge is 0.341 e. The second-order valence-corrected chi connectivity index (χ2v) is 5.47. The van der Waals surface area contributed by atoms with Crippen molar-refractivity contribution in [3.8, 4) is 0 Å². The molecule has 1 aliphatic rings. The third-order valence-corrected chi connectivity index (χ3v) is 4.12. The second kappa shape index (κ2) is 6.71. The van der Waals surface area contributed by atoms with E-state index in [0.29, 0.717) is 6.42 Å². The number of rotatable bonds is 4. The first-order valence-corrected chi connectivity index (χ1v) is 7.29. The van der Waals surface area contributed by atoms with Crippen LogP contribution in [0.4, 0.5) is 0 Å². The van der Waals surface area contributed by atoms with E-state index >= 15 is 0 Å². The van der Waals surface area contributed by atoms with Crippen molar-refractivity contribution in [3.63, 3.8) is 0 Å². The van der Waals surface area contributed by atoms with Gasteiger partial charge in [0.1, 0.15) is 0 Å². The SMILES string of the molecule is CCC1CCN(C(=O)[C@@H](N)Cc2ccccc2)CC1. The summed E-state index contributed by atoms with van der Waals surface area (Å²) in [5.41, 5.74) is 7.19. The highest BCUT2D eigenvalue weighted by molar-refractivity contribution is 5.82. The second-order valence-electron chi connectivity index (χ2n) is 5.47. The maximum atomic E-state index is 12.3. The van der Waals surface area contributed by atoms with Crippen molar-refractivity contribution < 1.29 is 4.79 Å². The summed E-state index contributed by atoms with van der Waals surface area (Å²) in [6.07, 6.45) is 4.10. The van der Waals surface area contributed by atoms with Crippen LogP contribution in [0.25, 0.3) is 0 Å². The highest BCUT2D eigenvalue weighted by Gasteiger charge is 2.25. The Hall–Kier alpha value is -1.35. The Balaban J connectivity index is 1.86. The molecule has 0 bridgehead atoms. The zero-order valence-electron chi connectivity index (χ0n) is 11.7. The van der Waals surface area contributed by atoms with E-state index < -0.39 is 6.04 Å². The number of carbonyl (C=O) groups excluding carboxylic acids is 1. The van der Waals surface area contributed by atoms with E-state index in [4.69, 9.17) is 5.73 Å². The van der Waals surface area contributed by atoms with Crippen molar-refractivity contribution in [3.05, 3.63) is 35.9 Å². The topological polar surface area (TPSA) is 46.3 Å². The molecule has 0 aromatic heterocycles. The van der Waals surface area contributed by atoms with Crippen LogP contribution in [0.3, 0.4) is 0 Å². The van der Waals surface area contributed by atoms with Crippen LogP contribution in [0, 0.1) is 5.92 Å². The van der Waals surface area contributed by atoms with Gasteiger partial charge in [-0.1, -0.05) is 43.7 Å². The minimum Gasteiger partial charge on any atom is -0.341 e. The summed E-state index contributed by atoms with van der Waals surface area (Å²) in [6.45, 7) is 3.98. The normalized spacial score (nSPS) is 18.3. The molecule has 0 unspecified atom stereocenters. The fourth-order valence-corrected chi connectivity index (χ4v) is 2.75. The molecule has 19 heavy (non-hydrogen) atoms. The molecular weight excluding hydrogens is 236 g/mol. The maximum absolute atomic E-state index is 12.3. The Morgan fingerprint density at radius 3 is 2.53 bits per heavy atom. The third kappa shape index (κ3) is 3.80. The number of likely N-dealkylation sites (tertiary alicyclic amines) is 1. The van der Waals surface area contributed by atoms with E-state index in [1.54, 1.807) is 0 Å². The zero-order chi connectivity index (χ0) is 13.7. The van der Waals surface area contributed by atoms with Gasteiger partial charge in [0.25, 0.3) is 0 Å². The molecule has 1 fully saturated rings. The standard InChI is InChI=1S/C16H24N2O/c1-2-13-8-10-18(11-9-13)16(19)15(17)12-14-6-4-3-5-7-14/h3-7,13,15H,2,8-12,17H2,1H3/t15-/m0/s1. The zero-order valence-corrected chi connectivity index (χ0v) is 11.7. The van der Waals surface area contributed by atoms with E-state index in [2.05, 4.69) is 6.92 Å². The Labute approximate surface area is 115 Å². The number of hydrogen-bond acceptors (Lipinski definition) is 2. The lowest BCUT2D eigenvalue weighted by Gasteiger charge is -2.33. The van der Waals surface area contributed by atoms with Gasteiger partial charge >= 0.3 is 0 Å². The predicted octanol–water partition coefficient (Wildman–Crippen LogP) is 2.21. The average Bonchev–Trinajstić information content (AvgIpc) is 2.47. The van der Waals surface area contributed by atoms with Crippen molar-refractivity contribution in [1.82, 2.24) is 4.90 Å². The fourth-order valence-electron chi connectivity index (χ4n) is 2.75. The lowest BCUT2D eigenvalue weighted by Crippen LogP contribution is -2.48. The molecule has 1 aliphatic heterocycles. The van der Waals surface area contributed by atoms with E-state index in [1.165, 1.54) is 6.42 Å². The van der Waals surface area contributed by atoms with Crippen molar-refractivity contribution in [2.75, 3.05) is 13.1 Å². The molecule has 104 valence electrons. The monoisotopic (exact) mass is 260 g/mol. The minimum atomic E-state index is -0.402. The molecule has 0 radical (unpaired) electrons. The number of amides is 1. The summed E-state index contributed by atoms with van der Waals surface area (Å²) in [6, 6.07) is 9.60. The molecule has 0 saturated carbocycles. The summed E-state index contributed by atoms with van der Waals surface area (Å²) in [5, 5.41) is 0. The summed E-state index contributed by atoms with van der Waals surface area (Å²) >= 11 is 0. The quantitative estimate of drug-likeness (QED) is 0.902. The molecule has 3 heteroatoms. The van der Waals surface area contributed by atoms with Gasteiger partial charge in [-0.25, -0.2) is 0 Å². The van der Waals surface area contributed by atoms with E-state index in [1.807, 2.05) is 35.2 Å². The summed E-state index contributed by atoms with van der Waals surface area (Å²) in [5.74, 6) is 0.896. The molecular formula is C16H24N2O. The Bertz CT molecular complexity index is 396. The number of carbonyl (C=O) groups is 1. The predicted molar refractivity (Wildman–Crippen MR) is 77.7 cm³/mol. The van der Waals surface area contributed by atoms with Gasteiger partial charge in [-0.3, -0.25) is 4.79 Å². The van der Waals surface area contributed by atoms with Gasteiger partial charge in [0.05, 0.1) is 6.04 Å². The number of nitrogens with two attached hydrogens (primary N) is 1. The molecule has 1 heterocycles. The summed E-state index contributed by atoms with van der Waals surface area (Å²) in [7, 11) is 0. The van der Waals surface area contributed by atoms with Crippen molar-refractivity contribution in [1.29, 1.82) is 0 Å². The minimum absolute atomic E-state index is 0.110. The lowest BCUT2D eigenvalue weighted by atomic mass is 9.94. The Kier molecular flexibility index (Phi) is 4.97. The Morgan fingerprint density at radius 1 is 1.32 bits per heavy atom. The molecule has 1 atom stereocenters.